The van der Waals surface area contributed by atoms with E-state index in [9.17, 15) is 13.9 Å². The summed E-state index contributed by atoms with van der Waals surface area (Å²) in [6.07, 6.45) is 0. The first-order valence-electron chi connectivity index (χ1n) is 10.1. The van der Waals surface area contributed by atoms with Crippen molar-refractivity contribution in [3.05, 3.63) is 76.4 Å². The molecule has 1 saturated heterocycles. The average molecular weight is 442 g/mol. The van der Waals surface area contributed by atoms with E-state index in [0.717, 1.165) is 5.56 Å². The first kappa shape index (κ1) is 19.9. The van der Waals surface area contributed by atoms with Gasteiger partial charge in [-0.2, -0.15) is 4.52 Å². The summed E-state index contributed by atoms with van der Waals surface area (Å²) in [5.41, 5.74) is 1.33. The number of fused-ring (bicyclic) bond motifs is 1. The Morgan fingerprint density at radius 3 is 2.52 bits per heavy atom. The molecule has 4 aromatic rings. The molecule has 9 heteroatoms. The van der Waals surface area contributed by atoms with E-state index in [1.54, 1.807) is 25.1 Å². The Hall–Kier alpha value is -3.04. The molecule has 0 spiro atoms. The highest BCUT2D eigenvalue weighted by Crippen LogP contribution is 2.40. The molecule has 0 bridgehead atoms. The lowest BCUT2D eigenvalue weighted by molar-refractivity contribution is 0.210. The van der Waals surface area contributed by atoms with Crippen LogP contribution in [0.3, 0.4) is 0 Å². The molecule has 6 nitrogen and oxygen atoms in total. The van der Waals surface area contributed by atoms with Crippen LogP contribution < -0.4 is 4.90 Å². The molecule has 0 saturated carbocycles. The van der Waals surface area contributed by atoms with Gasteiger partial charge in [0.25, 0.3) is 0 Å². The molecule has 2 aromatic heterocycles. The molecule has 0 aliphatic carbocycles. The second-order valence-electron chi connectivity index (χ2n) is 7.58. The third-order valence-electron chi connectivity index (χ3n) is 5.59. The van der Waals surface area contributed by atoms with Crippen LogP contribution in [0.1, 0.15) is 22.3 Å². The number of hydrogen-bond donors (Lipinski definition) is 1. The van der Waals surface area contributed by atoms with E-state index in [2.05, 4.69) is 15.0 Å². The van der Waals surface area contributed by atoms with E-state index >= 15 is 0 Å². The predicted molar refractivity (Wildman–Crippen MR) is 116 cm³/mol. The first-order valence-corrected chi connectivity index (χ1v) is 10.9. The van der Waals surface area contributed by atoms with Crippen LogP contribution in [0, 0.1) is 18.6 Å². The maximum Gasteiger partial charge on any atom is 0.230 e. The van der Waals surface area contributed by atoms with Crippen molar-refractivity contribution in [2.24, 2.45) is 0 Å². The Kier molecular flexibility index (Phi) is 5.07. The largest absolute Gasteiger partial charge is 0.492 e. The summed E-state index contributed by atoms with van der Waals surface area (Å²) in [5, 5.41) is 15.1. The molecular weight excluding hydrogens is 420 g/mol. The lowest BCUT2D eigenvalue weighted by Gasteiger charge is -2.40. The van der Waals surface area contributed by atoms with E-state index in [1.807, 2.05) is 17.0 Å². The molecule has 1 atom stereocenters. The number of benzene rings is 2. The molecule has 1 N–H and O–H groups in total. The van der Waals surface area contributed by atoms with Gasteiger partial charge in [-0.05, 0) is 36.8 Å². The summed E-state index contributed by atoms with van der Waals surface area (Å²) in [6.45, 7) is 4.26. The summed E-state index contributed by atoms with van der Waals surface area (Å²) in [7, 11) is 0. The maximum absolute atomic E-state index is 14.2. The highest BCUT2D eigenvalue weighted by Gasteiger charge is 2.32. The Morgan fingerprint density at radius 1 is 1.03 bits per heavy atom. The normalized spacial score (nSPS) is 16.2. The SMILES string of the molecule is Cc1nc2sc([C@@H](c3cccc(F)c3)N3CCN(c4ccccc4F)CC3)c(O)n2n1. The predicted octanol–water partition coefficient (Wildman–Crippen LogP) is 3.99. The fourth-order valence-corrected chi connectivity index (χ4v) is 5.32. The van der Waals surface area contributed by atoms with Crippen molar-refractivity contribution < 1.29 is 13.9 Å². The standard InChI is InChI=1S/C22H21F2N5OS/c1-14-25-22-29(26-14)21(30)20(31-22)19(15-5-4-6-16(23)13-15)28-11-9-27(10-12-28)18-8-3-2-7-17(18)24/h2-8,13,19,30H,9-12H2,1H3/t19-/m1/s1. The number of aryl methyl sites for hydroxylation is 1. The molecule has 1 aliphatic rings. The number of halogens is 2. The minimum atomic E-state index is -0.354. The number of anilines is 1. The average Bonchev–Trinajstić information content (AvgIpc) is 3.27. The number of piperazine rings is 1. The van der Waals surface area contributed by atoms with E-state index in [0.29, 0.717) is 47.5 Å². The zero-order valence-electron chi connectivity index (χ0n) is 16.9. The quantitative estimate of drug-likeness (QED) is 0.519. The zero-order valence-corrected chi connectivity index (χ0v) is 17.7. The van der Waals surface area contributed by atoms with Crippen LogP contribution in [-0.4, -0.2) is 50.8 Å². The van der Waals surface area contributed by atoms with Gasteiger partial charge in [0.2, 0.25) is 10.8 Å². The summed E-state index contributed by atoms with van der Waals surface area (Å²) in [5.74, 6) is 0.0267. The van der Waals surface area contributed by atoms with E-state index in [4.69, 9.17) is 0 Å². The van der Waals surface area contributed by atoms with Crippen molar-refractivity contribution >= 4 is 22.0 Å². The molecule has 160 valence electrons. The molecule has 0 unspecified atom stereocenters. The fourth-order valence-electron chi connectivity index (χ4n) is 4.16. The van der Waals surface area contributed by atoms with Gasteiger partial charge in [0.15, 0.2) is 0 Å². The third-order valence-corrected chi connectivity index (χ3v) is 6.66. The number of hydrogen-bond acceptors (Lipinski definition) is 6. The van der Waals surface area contributed by atoms with Crippen LogP contribution in [0.4, 0.5) is 14.5 Å². The van der Waals surface area contributed by atoms with Crippen LogP contribution in [0.2, 0.25) is 0 Å². The topological polar surface area (TPSA) is 56.9 Å². The van der Waals surface area contributed by atoms with Gasteiger partial charge in [0.05, 0.1) is 16.6 Å². The molecule has 0 radical (unpaired) electrons. The van der Waals surface area contributed by atoms with E-state index in [-0.39, 0.29) is 23.6 Å². The summed E-state index contributed by atoms with van der Waals surface area (Å²) < 4.78 is 29.7. The van der Waals surface area contributed by atoms with Gasteiger partial charge in [-0.1, -0.05) is 35.6 Å². The van der Waals surface area contributed by atoms with Crippen LogP contribution >= 0.6 is 11.3 Å². The second-order valence-corrected chi connectivity index (χ2v) is 8.58. The van der Waals surface area contributed by atoms with Gasteiger partial charge in [-0.25, -0.2) is 13.8 Å². The van der Waals surface area contributed by atoms with Gasteiger partial charge in [-0.15, -0.1) is 5.10 Å². The highest BCUT2D eigenvalue weighted by atomic mass is 32.1. The van der Waals surface area contributed by atoms with Gasteiger partial charge in [-0.3, -0.25) is 4.90 Å². The number of rotatable bonds is 4. The number of thiazole rings is 1. The second kappa shape index (κ2) is 7.90. The molecule has 3 heterocycles. The van der Waals surface area contributed by atoms with Crippen molar-refractivity contribution in [2.75, 3.05) is 31.1 Å². The van der Waals surface area contributed by atoms with Crippen LogP contribution in [-0.2, 0) is 0 Å². The minimum absolute atomic E-state index is 0.0198. The lowest BCUT2D eigenvalue weighted by atomic mass is 10.0. The Bertz CT molecular complexity index is 1230. The maximum atomic E-state index is 14.2. The van der Waals surface area contributed by atoms with Crippen LogP contribution in [0.5, 0.6) is 5.88 Å². The fraction of sp³-hybridized carbons (Fsp3) is 0.273. The molecule has 1 aliphatic heterocycles. The lowest BCUT2D eigenvalue weighted by Crippen LogP contribution is -2.48. The Labute approximate surface area is 182 Å². The van der Waals surface area contributed by atoms with Crippen molar-refractivity contribution in [1.29, 1.82) is 0 Å². The van der Waals surface area contributed by atoms with E-state index in [1.165, 1.54) is 34.1 Å². The zero-order chi connectivity index (χ0) is 21.5. The summed E-state index contributed by atoms with van der Waals surface area (Å²) >= 11 is 1.35. The van der Waals surface area contributed by atoms with Gasteiger partial charge in [0.1, 0.15) is 17.5 Å². The summed E-state index contributed by atoms with van der Waals surface area (Å²) in [6, 6.07) is 12.8. The Balaban J connectivity index is 1.49. The molecule has 0 amide bonds. The third kappa shape index (κ3) is 3.64. The van der Waals surface area contributed by atoms with Gasteiger partial charge < -0.3 is 10.0 Å². The van der Waals surface area contributed by atoms with E-state index < -0.39 is 0 Å². The molecule has 5 rings (SSSR count). The van der Waals surface area contributed by atoms with Crippen molar-refractivity contribution in [3.8, 4) is 5.88 Å². The number of para-hydroxylation sites is 1. The van der Waals surface area contributed by atoms with Crippen LogP contribution in [0.25, 0.3) is 4.96 Å². The smallest absolute Gasteiger partial charge is 0.230 e. The van der Waals surface area contributed by atoms with Gasteiger partial charge >= 0.3 is 0 Å². The number of nitrogens with zero attached hydrogens (tertiary/aromatic N) is 5. The van der Waals surface area contributed by atoms with Crippen molar-refractivity contribution in [1.82, 2.24) is 19.5 Å². The highest BCUT2D eigenvalue weighted by molar-refractivity contribution is 7.17. The molecule has 2 aromatic carbocycles. The molecule has 31 heavy (non-hydrogen) atoms. The monoisotopic (exact) mass is 441 g/mol. The summed E-state index contributed by atoms with van der Waals surface area (Å²) in [4.78, 5) is 9.82. The van der Waals surface area contributed by atoms with Crippen molar-refractivity contribution in [3.63, 3.8) is 0 Å². The minimum Gasteiger partial charge on any atom is -0.492 e. The molecular formula is C22H21F2N5OS. The van der Waals surface area contributed by atoms with Gasteiger partial charge in [0, 0.05) is 26.2 Å². The van der Waals surface area contributed by atoms with Crippen LogP contribution in [0.15, 0.2) is 48.5 Å². The number of aromatic hydroxyl groups is 1. The van der Waals surface area contributed by atoms with Crippen molar-refractivity contribution in [2.45, 2.75) is 13.0 Å². The number of aromatic nitrogens is 3. The Morgan fingerprint density at radius 2 is 1.81 bits per heavy atom. The molecule has 1 fully saturated rings. The first-order chi connectivity index (χ1) is 15.0.